The summed E-state index contributed by atoms with van der Waals surface area (Å²) in [5, 5.41) is 6.19. The first-order chi connectivity index (χ1) is 20.3. The van der Waals surface area contributed by atoms with Gasteiger partial charge in [-0.1, -0.05) is 48.5 Å². The Morgan fingerprint density at radius 2 is 1.41 bits per heavy atom. The van der Waals surface area contributed by atoms with Crippen molar-refractivity contribution < 1.29 is 0 Å². The molecule has 41 heavy (non-hydrogen) atoms. The second-order valence-electron chi connectivity index (χ2n) is 10.9. The highest BCUT2D eigenvalue weighted by atomic mass is 15.0. The molecule has 0 saturated heterocycles. The molecule has 1 aliphatic rings. The van der Waals surface area contributed by atoms with Gasteiger partial charge in [0.15, 0.2) is 0 Å². The predicted molar refractivity (Wildman–Crippen MR) is 166 cm³/mol. The van der Waals surface area contributed by atoms with Crippen LogP contribution in [0, 0.1) is 0 Å². The lowest BCUT2D eigenvalue weighted by Gasteiger charge is -2.12. The zero-order valence-electron chi connectivity index (χ0n) is 21.9. The van der Waals surface area contributed by atoms with Gasteiger partial charge in [-0.15, -0.1) is 0 Å². The Morgan fingerprint density at radius 1 is 0.585 bits per heavy atom. The number of pyridine rings is 3. The maximum Gasteiger partial charge on any atom is 0.146 e. The van der Waals surface area contributed by atoms with Crippen molar-refractivity contribution in [2.24, 2.45) is 0 Å². The van der Waals surface area contributed by atoms with Gasteiger partial charge < -0.3 is 4.57 Å². The third-order valence-electron chi connectivity index (χ3n) is 8.89. The number of imidazole rings is 1. The third-order valence-corrected chi connectivity index (χ3v) is 8.89. The second kappa shape index (κ2) is 7.55. The lowest BCUT2D eigenvalue weighted by atomic mass is 9.97. The Kier molecular flexibility index (Phi) is 3.92. The average Bonchev–Trinajstić information content (AvgIpc) is 3.69. The summed E-state index contributed by atoms with van der Waals surface area (Å²) in [5.41, 5.74) is 12.9. The van der Waals surface area contributed by atoms with E-state index in [1.165, 1.54) is 65.9 Å². The van der Waals surface area contributed by atoms with E-state index in [0.717, 1.165) is 28.6 Å². The molecule has 0 aliphatic heterocycles. The summed E-state index contributed by atoms with van der Waals surface area (Å²) < 4.78 is 4.66. The largest absolute Gasteiger partial charge is 0.309 e. The van der Waals surface area contributed by atoms with Gasteiger partial charge in [0.1, 0.15) is 11.2 Å². The normalized spacial score (nSPS) is 12.8. The number of hydrogen-bond acceptors (Lipinski definition) is 3. The van der Waals surface area contributed by atoms with Gasteiger partial charge in [0, 0.05) is 39.6 Å². The van der Waals surface area contributed by atoms with Crippen molar-refractivity contribution in [2.45, 2.75) is 6.42 Å². The fourth-order valence-electron chi connectivity index (χ4n) is 7.20. The molecule has 190 valence electrons. The molecule has 5 aromatic heterocycles. The van der Waals surface area contributed by atoms with E-state index >= 15 is 0 Å². The van der Waals surface area contributed by atoms with Gasteiger partial charge in [-0.2, -0.15) is 0 Å². The van der Waals surface area contributed by atoms with Crippen LogP contribution in [0.4, 0.5) is 0 Å². The maximum atomic E-state index is 5.14. The molecule has 10 rings (SSSR count). The number of benzene rings is 4. The fraction of sp³-hybridized carbons (Fsp3) is 0.0278. The minimum Gasteiger partial charge on any atom is -0.309 e. The summed E-state index contributed by atoms with van der Waals surface area (Å²) in [6.45, 7) is 0. The van der Waals surface area contributed by atoms with Crippen LogP contribution in [0.15, 0.2) is 116 Å². The molecule has 0 spiro atoms. The average molecular weight is 524 g/mol. The van der Waals surface area contributed by atoms with Crippen LogP contribution in [-0.2, 0) is 6.42 Å². The van der Waals surface area contributed by atoms with Crippen LogP contribution in [-0.4, -0.2) is 23.9 Å². The summed E-state index contributed by atoms with van der Waals surface area (Å²) >= 11 is 0. The Labute approximate surface area is 234 Å². The van der Waals surface area contributed by atoms with E-state index in [1.807, 2.05) is 30.9 Å². The lowest BCUT2D eigenvalue weighted by molar-refractivity contribution is 1.18. The summed E-state index contributed by atoms with van der Waals surface area (Å²) in [4.78, 5) is 14.0. The van der Waals surface area contributed by atoms with Crippen LogP contribution in [0.25, 0.3) is 77.0 Å². The number of para-hydroxylation sites is 2. The molecule has 5 heterocycles. The van der Waals surface area contributed by atoms with E-state index in [2.05, 4.69) is 104 Å². The van der Waals surface area contributed by atoms with Crippen LogP contribution in [0.5, 0.6) is 0 Å². The first kappa shape index (κ1) is 21.3. The Hall–Kier alpha value is -5.55. The number of aromatic nitrogens is 5. The van der Waals surface area contributed by atoms with Gasteiger partial charge in [-0.3, -0.25) is 14.4 Å². The topological polar surface area (TPSA) is 48.0 Å². The quantitative estimate of drug-likeness (QED) is 0.204. The number of nitrogens with zero attached hydrogens (tertiary/aromatic N) is 5. The molecule has 0 radical (unpaired) electrons. The Morgan fingerprint density at radius 3 is 2.37 bits per heavy atom. The predicted octanol–water partition coefficient (Wildman–Crippen LogP) is 8.25. The third kappa shape index (κ3) is 2.68. The summed E-state index contributed by atoms with van der Waals surface area (Å²) in [7, 11) is 0. The zero-order chi connectivity index (χ0) is 26.7. The highest BCUT2D eigenvalue weighted by Crippen LogP contribution is 2.46. The first-order valence-corrected chi connectivity index (χ1v) is 13.9. The molecule has 0 bridgehead atoms. The van der Waals surface area contributed by atoms with E-state index in [9.17, 15) is 0 Å². The monoisotopic (exact) mass is 523 g/mol. The van der Waals surface area contributed by atoms with Gasteiger partial charge in [-0.05, 0) is 76.5 Å². The molecular weight excluding hydrogens is 502 g/mol. The summed E-state index contributed by atoms with van der Waals surface area (Å²) in [6.07, 6.45) is 8.40. The van der Waals surface area contributed by atoms with Gasteiger partial charge >= 0.3 is 0 Å². The highest BCUT2D eigenvalue weighted by molar-refractivity contribution is 6.17. The molecule has 0 unspecified atom stereocenters. The standard InChI is InChI=1S/C36H21N5/c1-2-6-22(7-3-1)40-31-9-5-4-8-24(31)28-16-21-17-29-23(27(21)18-33(28)40)10-11-26-25-12-14-38-20-34(25)41-32-13-15-37-19-30(32)39-36(41)35(26)29/h1-16,18-20H,17H2. The lowest BCUT2D eigenvalue weighted by Crippen LogP contribution is -1.95. The van der Waals surface area contributed by atoms with Crippen molar-refractivity contribution in [1.29, 1.82) is 0 Å². The minimum atomic E-state index is 0.872. The van der Waals surface area contributed by atoms with Gasteiger partial charge in [-0.25, -0.2) is 4.98 Å². The van der Waals surface area contributed by atoms with Crippen molar-refractivity contribution in [3.8, 4) is 16.8 Å². The van der Waals surface area contributed by atoms with Gasteiger partial charge in [0.25, 0.3) is 0 Å². The van der Waals surface area contributed by atoms with Gasteiger partial charge in [0.2, 0.25) is 0 Å². The molecule has 0 amide bonds. The van der Waals surface area contributed by atoms with E-state index < -0.39 is 0 Å². The van der Waals surface area contributed by atoms with Crippen molar-refractivity contribution in [3.05, 3.63) is 127 Å². The van der Waals surface area contributed by atoms with Crippen molar-refractivity contribution in [2.75, 3.05) is 0 Å². The Bertz CT molecular complexity index is 2550. The maximum absolute atomic E-state index is 5.14. The second-order valence-corrected chi connectivity index (χ2v) is 10.9. The first-order valence-electron chi connectivity index (χ1n) is 13.9. The molecule has 0 saturated carbocycles. The number of rotatable bonds is 1. The summed E-state index contributed by atoms with van der Waals surface area (Å²) in [5.74, 6) is 0. The van der Waals surface area contributed by atoms with Crippen LogP contribution in [0.3, 0.4) is 0 Å². The number of hydrogen-bond donors (Lipinski definition) is 0. The van der Waals surface area contributed by atoms with E-state index in [0.29, 0.717) is 0 Å². The number of fused-ring (bicyclic) bond motifs is 15. The molecule has 1 aliphatic carbocycles. The SMILES string of the molecule is c1ccc(-n2c3ccccc3c3cc4c(cc32)-c2ccc3c5ccncc5n5c6ccncc6nc5c3c2C4)cc1. The molecule has 5 nitrogen and oxygen atoms in total. The molecule has 5 heteroatoms. The molecule has 0 fully saturated rings. The summed E-state index contributed by atoms with van der Waals surface area (Å²) in [6, 6.07) is 33.0. The van der Waals surface area contributed by atoms with E-state index in [1.54, 1.807) is 0 Å². The van der Waals surface area contributed by atoms with Crippen LogP contribution in [0.1, 0.15) is 11.1 Å². The van der Waals surface area contributed by atoms with Gasteiger partial charge in [0.05, 0.1) is 34.5 Å². The molecular formula is C36H21N5. The highest BCUT2D eigenvalue weighted by Gasteiger charge is 2.26. The van der Waals surface area contributed by atoms with Crippen LogP contribution < -0.4 is 0 Å². The van der Waals surface area contributed by atoms with Crippen molar-refractivity contribution >= 4 is 60.2 Å². The smallest absolute Gasteiger partial charge is 0.146 e. The van der Waals surface area contributed by atoms with E-state index in [-0.39, 0.29) is 0 Å². The molecule has 4 aromatic carbocycles. The van der Waals surface area contributed by atoms with Crippen molar-refractivity contribution in [3.63, 3.8) is 0 Å². The molecule has 0 atom stereocenters. The minimum absolute atomic E-state index is 0.872. The molecule has 9 aromatic rings. The molecule has 0 N–H and O–H groups in total. The zero-order valence-corrected chi connectivity index (χ0v) is 21.9. The van der Waals surface area contributed by atoms with Crippen LogP contribution >= 0.6 is 0 Å². The van der Waals surface area contributed by atoms with Crippen LogP contribution in [0.2, 0.25) is 0 Å². The Balaban J connectivity index is 1.34. The van der Waals surface area contributed by atoms with Crippen molar-refractivity contribution in [1.82, 2.24) is 23.9 Å². The van der Waals surface area contributed by atoms with E-state index in [4.69, 9.17) is 4.98 Å². The fourth-order valence-corrected chi connectivity index (χ4v) is 7.20.